The number of nitrogens with zero attached hydrogens (tertiary/aromatic N) is 1. The van der Waals surface area contributed by atoms with Crippen LogP contribution in [0.5, 0.6) is 5.75 Å². The maximum atomic E-state index is 12.5. The normalized spacial score (nSPS) is 16.7. The molecule has 0 radical (unpaired) electrons. The lowest BCUT2D eigenvalue weighted by molar-refractivity contribution is -0.153. The van der Waals surface area contributed by atoms with Gasteiger partial charge in [-0.05, 0) is 64.3 Å². The minimum Gasteiger partial charge on any atom is -0.496 e. The molecular weight excluding hydrogens is 321 g/mol. The number of carbonyl (C=O) groups excluding carboxylic acids is 1. The van der Waals surface area contributed by atoms with E-state index in [1.807, 2.05) is 32.9 Å². The number of carbonyl (C=O) groups is 1. The monoisotopic (exact) mass is 351 g/mol. The molecule has 2 rings (SSSR count). The number of benzene rings is 1. The van der Waals surface area contributed by atoms with Gasteiger partial charge in [0.2, 0.25) is 0 Å². The van der Waals surface area contributed by atoms with Crippen LogP contribution in [0.25, 0.3) is 0 Å². The van der Waals surface area contributed by atoms with E-state index in [1.165, 1.54) is 5.56 Å². The molecule has 1 aromatic rings. The molecule has 4 nitrogen and oxygen atoms in total. The first kappa shape index (κ1) is 19.7. The van der Waals surface area contributed by atoms with Gasteiger partial charge in [-0.2, -0.15) is 0 Å². The Labute approximate surface area is 150 Å². The van der Waals surface area contributed by atoms with Gasteiger partial charge in [0.25, 0.3) is 0 Å². The maximum absolute atomic E-state index is 12.5. The average molecular weight is 351 g/mol. The highest BCUT2D eigenvalue weighted by molar-refractivity contribution is 5.74. The fraction of sp³-hybridized carbons (Fsp3) is 0.650. The van der Waals surface area contributed by atoms with E-state index in [-0.39, 0.29) is 19.1 Å². The van der Waals surface area contributed by atoms with Gasteiger partial charge in [0.15, 0.2) is 0 Å². The van der Waals surface area contributed by atoms with Crippen LogP contribution in [-0.4, -0.2) is 49.9 Å². The van der Waals surface area contributed by atoms with Gasteiger partial charge in [-0.15, -0.1) is 0 Å². The molecule has 0 N–H and O–H groups in total. The highest BCUT2D eigenvalue weighted by Gasteiger charge is 2.22. The second-order valence-electron chi connectivity index (χ2n) is 7.64. The van der Waals surface area contributed by atoms with Crippen LogP contribution in [-0.2, 0) is 16.0 Å². The Balaban J connectivity index is 2.03. The summed E-state index contributed by atoms with van der Waals surface area (Å²) < 4.78 is 23.3. The first-order valence-corrected chi connectivity index (χ1v) is 8.99. The molecule has 0 bridgehead atoms. The van der Waals surface area contributed by atoms with Gasteiger partial charge in [-0.3, -0.25) is 4.79 Å². The molecule has 0 atom stereocenters. The second-order valence-corrected chi connectivity index (χ2v) is 7.64. The van der Waals surface area contributed by atoms with E-state index >= 15 is 0 Å². The Kier molecular flexibility index (Phi) is 6.82. The topological polar surface area (TPSA) is 38.8 Å². The van der Waals surface area contributed by atoms with E-state index in [0.717, 1.165) is 37.2 Å². The van der Waals surface area contributed by atoms with Gasteiger partial charge < -0.3 is 14.4 Å². The molecule has 1 aromatic carbocycles. The van der Waals surface area contributed by atoms with Crippen molar-refractivity contribution in [2.75, 3.05) is 33.4 Å². The van der Waals surface area contributed by atoms with Crippen LogP contribution in [0.3, 0.4) is 0 Å². The first-order chi connectivity index (χ1) is 11.8. The number of hydrogen-bond acceptors (Lipinski definition) is 4. The molecule has 1 heterocycles. The van der Waals surface area contributed by atoms with Crippen molar-refractivity contribution in [3.63, 3.8) is 0 Å². The van der Waals surface area contributed by atoms with E-state index < -0.39 is 5.60 Å². The lowest BCUT2D eigenvalue weighted by Crippen LogP contribution is -2.34. The molecule has 140 valence electrons. The smallest absolute Gasteiger partial charge is 0.310 e. The summed E-state index contributed by atoms with van der Waals surface area (Å²) in [6.45, 7) is 7.69. The van der Waals surface area contributed by atoms with Crippen molar-refractivity contribution in [2.45, 2.75) is 51.6 Å². The maximum Gasteiger partial charge on any atom is 0.310 e. The molecule has 5 heteroatoms. The summed E-state index contributed by atoms with van der Waals surface area (Å²) in [7, 11) is 1.63. The zero-order chi connectivity index (χ0) is 18.4. The molecule has 1 saturated heterocycles. The van der Waals surface area contributed by atoms with Crippen molar-refractivity contribution in [3.05, 3.63) is 29.3 Å². The van der Waals surface area contributed by atoms with Crippen molar-refractivity contribution in [2.24, 2.45) is 0 Å². The highest BCUT2D eigenvalue weighted by atomic mass is 19.1. The zero-order valence-electron chi connectivity index (χ0n) is 15.8. The fourth-order valence-electron chi connectivity index (χ4n) is 3.30. The summed E-state index contributed by atoms with van der Waals surface area (Å²) in [6.07, 6.45) is 2.25. The van der Waals surface area contributed by atoms with E-state index in [4.69, 9.17) is 9.47 Å². The van der Waals surface area contributed by atoms with Crippen molar-refractivity contribution in [1.29, 1.82) is 0 Å². The molecule has 0 amide bonds. The fourth-order valence-corrected chi connectivity index (χ4v) is 3.30. The lowest BCUT2D eigenvalue weighted by Gasteiger charge is -2.31. The summed E-state index contributed by atoms with van der Waals surface area (Å²) in [5, 5.41) is 0. The zero-order valence-corrected chi connectivity index (χ0v) is 15.8. The second kappa shape index (κ2) is 8.65. The van der Waals surface area contributed by atoms with Crippen molar-refractivity contribution >= 4 is 5.97 Å². The molecule has 25 heavy (non-hydrogen) atoms. The van der Waals surface area contributed by atoms with Crippen LogP contribution in [0, 0.1) is 0 Å². The standard InChI is InChI=1S/C20H30FNO3/c1-20(2,3)25-19(23)14-17-6-5-16(13-18(17)24-4)15-7-10-22(11-8-15)12-9-21/h5-6,13,15H,7-12,14H2,1-4H3. The predicted molar refractivity (Wildman–Crippen MR) is 96.9 cm³/mol. The molecule has 0 aromatic heterocycles. The van der Waals surface area contributed by atoms with E-state index in [2.05, 4.69) is 11.0 Å². The minimum absolute atomic E-state index is 0.204. The van der Waals surface area contributed by atoms with Gasteiger partial charge >= 0.3 is 5.97 Å². The summed E-state index contributed by atoms with van der Waals surface area (Å²) in [5.41, 5.74) is 1.58. The SMILES string of the molecule is COc1cc(C2CCN(CCF)CC2)ccc1CC(=O)OC(C)(C)C. The van der Waals surface area contributed by atoms with Crippen LogP contribution in [0.2, 0.25) is 0 Å². The van der Waals surface area contributed by atoms with E-state index in [0.29, 0.717) is 12.5 Å². The molecule has 1 fully saturated rings. The van der Waals surface area contributed by atoms with Crippen LogP contribution in [0.1, 0.15) is 50.7 Å². The molecule has 1 aliphatic heterocycles. The average Bonchev–Trinajstić information content (AvgIpc) is 2.54. The van der Waals surface area contributed by atoms with Gasteiger partial charge in [0, 0.05) is 12.1 Å². The number of esters is 1. The van der Waals surface area contributed by atoms with Crippen molar-refractivity contribution < 1.29 is 18.7 Å². The molecule has 0 unspecified atom stereocenters. The Morgan fingerprint density at radius 3 is 2.52 bits per heavy atom. The summed E-state index contributed by atoms with van der Waals surface area (Å²) in [6, 6.07) is 6.08. The third kappa shape index (κ3) is 5.99. The Morgan fingerprint density at radius 1 is 1.28 bits per heavy atom. The number of hydrogen-bond donors (Lipinski definition) is 0. The minimum atomic E-state index is -0.488. The number of ether oxygens (including phenoxy) is 2. The molecule has 0 aliphatic carbocycles. The molecular formula is C20H30FNO3. The number of likely N-dealkylation sites (tertiary alicyclic amines) is 1. The van der Waals surface area contributed by atoms with Crippen molar-refractivity contribution in [3.8, 4) is 5.75 Å². The van der Waals surface area contributed by atoms with Gasteiger partial charge in [-0.25, -0.2) is 4.39 Å². The van der Waals surface area contributed by atoms with Crippen molar-refractivity contribution in [1.82, 2.24) is 4.90 Å². The largest absolute Gasteiger partial charge is 0.496 e. The number of rotatable bonds is 6. The Bertz CT molecular complexity index is 575. The third-order valence-corrected chi connectivity index (χ3v) is 4.53. The quantitative estimate of drug-likeness (QED) is 0.732. The number of alkyl halides is 1. The number of halogens is 1. The van der Waals surface area contributed by atoms with Crippen LogP contribution < -0.4 is 4.74 Å². The molecule has 0 spiro atoms. The first-order valence-electron chi connectivity index (χ1n) is 8.99. The van der Waals surface area contributed by atoms with Gasteiger partial charge in [0.05, 0.1) is 13.5 Å². The Morgan fingerprint density at radius 2 is 1.96 bits per heavy atom. The molecule has 1 aliphatic rings. The van der Waals surface area contributed by atoms with Gasteiger partial charge in [0.1, 0.15) is 18.0 Å². The highest BCUT2D eigenvalue weighted by Crippen LogP contribution is 2.32. The predicted octanol–water partition coefficient (Wildman–Crippen LogP) is 3.73. The Hall–Kier alpha value is -1.62. The summed E-state index contributed by atoms with van der Waals surface area (Å²) >= 11 is 0. The summed E-state index contributed by atoms with van der Waals surface area (Å²) in [4.78, 5) is 14.2. The van der Waals surface area contributed by atoms with E-state index in [9.17, 15) is 9.18 Å². The number of piperidine rings is 1. The number of methoxy groups -OCH3 is 1. The van der Waals surface area contributed by atoms with E-state index in [1.54, 1.807) is 7.11 Å². The van der Waals surface area contributed by atoms with Crippen LogP contribution in [0.4, 0.5) is 4.39 Å². The van der Waals surface area contributed by atoms with Gasteiger partial charge in [-0.1, -0.05) is 12.1 Å². The third-order valence-electron chi connectivity index (χ3n) is 4.53. The summed E-state index contributed by atoms with van der Waals surface area (Å²) in [5.74, 6) is 0.938. The van der Waals surface area contributed by atoms with Crippen LogP contribution in [0.15, 0.2) is 18.2 Å². The molecule has 0 saturated carbocycles. The lowest BCUT2D eigenvalue weighted by atomic mass is 9.88. The van der Waals surface area contributed by atoms with Crippen LogP contribution >= 0.6 is 0 Å².